The first-order valence-corrected chi connectivity index (χ1v) is 7.16. The monoisotopic (exact) mass is 325 g/mol. The Morgan fingerprint density at radius 3 is 2.75 bits per heavy atom. The number of methoxy groups -OCH3 is 1. The van der Waals surface area contributed by atoms with E-state index >= 15 is 0 Å². The van der Waals surface area contributed by atoms with Gasteiger partial charge >= 0.3 is 11.9 Å². The number of benzene rings is 1. The van der Waals surface area contributed by atoms with Gasteiger partial charge < -0.3 is 13.9 Å². The Morgan fingerprint density at radius 1 is 1.29 bits per heavy atom. The molecule has 0 aliphatic heterocycles. The molecule has 6 nitrogen and oxygen atoms in total. The lowest BCUT2D eigenvalue weighted by atomic mass is 10.1. The van der Waals surface area contributed by atoms with Gasteiger partial charge in [0.25, 0.3) is 0 Å². The fraction of sp³-hybridized carbons (Fsp3) is 0.167. The van der Waals surface area contributed by atoms with E-state index in [0.717, 1.165) is 0 Å². The number of ether oxygens (including phenoxy) is 2. The van der Waals surface area contributed by atoms with E-state index in [2.05, 4.69) is 4.74 Å². The molecule has 0 amide bonds. The molecule has 1 aromatic heterocycles. The second-order valence-corrected chi connectivity index (χ2v) is 4.66. The molecule has 1 heterocycles. The van der Waals surface area contributed by atoms with Crippen LogP contribution in [-0.2, 0) is 14.3 Å². The van der Waals surface area contributed by atoms with Gasteiger partial charge in [-0.05, 0) is 31.2 Å². The summed E-state index contributed by atoms with van der Waals surface area (Å²) >= 11 is 0. The zero-order valence-electron chi connectivity index (χ0n) is 13.2. The SMILES string of the molecule is CCOC(=O)/C(C#N)=C/c1ccc(-c2cccc(C(=O)OC)c2)o1. The van der Waals surface area contributed by atoms with Crippen LogP contribution in [0.2, 0.25) is 0 Å². The van der Waals surface area contributed by atoms with Gasteiger partial charge in [0.05, 0.1) is 19.3 Å². The summed E-state index contributed by atoms with van der Waals surface area (Å²) < 4.78 is 15.1. The zero-order chi connectivity index (χ0) is 17.5. The number of carbonyl (C=O) groups excluding carboxylic acids is 2. The highest BCUT2D eigenvalue weighted by atomic mass is 16.5. The fourth-order valence-corrected chi connectivity index (χ4v) is 1.99. The molecule has 0 unspecified atom stereocenters. The minimum absolute atomic E-state index is 0.152. The number of esters is 2. The molecule has 0 radical (unpaired) electrons. The highest BCUT2D eigenvalue weighted by molar-refractivity contribution is 5.97. The van der Waals surface area contributed by atoms with Crippen LogP contribution in [0.15, 0.2) is 46.4 Å². The smallest absolute Gasteiger partial charge is 0.349 e. The summed E-state index contributed by atoms with van der Waals surface area (Å²) in [6.45, 7) is 1.84. The van der Waals surface area contributed by atoms with Gasteiger partial charge in [0, 0.05) is 11.6 Å². The highest BCUT2D eigenvalue weighted by Crippen LogP contribution is 2.24. The molecule has 122 valence electrons. The molecule has 0 N–H and O–H groups in total. The first kappa shape index (κ1) is 17.0. The van der Waals surface area contributed by atoms with Gasteiger partial charge in [0.2, 0.25) is 0 Å². The first-order chi connectivity index (χ1) is 11.6. The van der Waals surface area contributed by atoms with Gasteiger partial charge in [-0.1, -0.05) is 12.1 Å². The largest absolute Gasteiger partial charge is 0.465 e. The van der Waals surface area contributed by atoms with E-state index in [-0.39, 0.29) is 12.2 Å². The maximum atomic E-state index is 11.6. The van der Waals surface area contributed by atoms with Crippen LogP contribution in [0, 0.1) is 11.3 Å². The third-order valence-electron chi connectivity index (χ3n) is 3.10. The molecule has 0 spiro atoms. The molecule has 2 rings (SSSR count). The number of hydrogen-bond donors (Lipinski definition) is 0. The molecule has 2 aromatic rings. The van der Waals surface area contributed by atoms with Crippen molar-refractivity contribution >= 4 is 18.0 Å². The van der Waals surface area contributed by atoms with Gasteiger partial charge in [-0.15, -0.1) is 0 Å². The molecule has 0 bridgehead atoms. The van der Waals surface area contributed by atoms with Crippen LogP contribution in [-0.4, -0.2) is 25.7 Å². The maximum Gasteiger partial charge on any atom is 0.349 e. The maximum absolute atomic E-state index is 11.6. The Morgan fingerprint density at radius 2 is 2.08 bits per heavy atom. The molecule has 0 atom stereocenters. The molecule has 1 aromatic carbocycles. The van der Waals surface area contributed by atoms with Crippen molar-refractivity contribution in [3.63, 3.8) is 0 Å². The van der Waals surface area contributed by atoms with E-state index < -0.39 is 11.9 Å². The second kappa shape index (κ2) is 7.79. The highest BCUT2D eigenvalue weighted by Gasteiger charge is 2.12. The molecule has 24 heavy (non-hydrogen) atoms. The standard InChI is InChI=1S/C18H15NO5/c1-3-23-18(21)14(11-19)10-15-7-8-16(24-15)12-5-4-6-13(9-12)17(20)22-2/h4-10H,3H2,1-2H3/b14-10+. The molecule has 0 saturated heterocycles. The average molecular weight is 325 g/mol. The van der Waals surface area contributed by atoms with E-state index in [1.807, 2.05) is 0 Å². The van der Waals surface area contributed by atoms with E-state index in [4.69, 9.17) is 14.4 Å². The predicted octanol–water partition coefficient (Wildman–Crippen LogP) is 3.20. The van der Waals surface area contributed by atoms with E-state index in [1.165, 1.54) is 13.2 Å². The number of nitrogens with zero attached hydrogens (tertiary/aromatic N) is 1. The van der Waals surface area contributed by atoms with Crippen LogP contribution in [0.4, 0.5) is 0 Å². The normalized spacial score (nSPS) is 10.8. The molecule has 6 heteroatoms. The Hall–Kier alpha value is -3.33. The minimum Gasteiger partial charge on any atom is -0.465 e. The summed E-state index contributed by atoms with van der Waals surface area (Å²) in [6, 6.07) is 11.8. The van der Waals surface area contributed by atoms with Gasteiger partial charge in [-0.2, -0.15) is 5.26 Å². The van der Waals surface area contributed by atoms with Crippen molar-refractivity contribution in [3.8, 4) is 17.4 Å². The summed E-state index contributed by atoms with van der Waals surface area (Å²) in [6.07, 6.45) is 1.31. The average Bonchev–Trinajstić information content (AvgIpc) is 3.08. The minimum atomic E-state index is -0.703. The Kier molecular flexibility index (Phi) is 5.53. The molecule has 0 saturated carbocycles. The lowest BCUT2D eigenvalue weighted by Gasteiger charge is -2.01. The third kappa shape index (κ3) is 3.90. The number of rotatable bonds is 5. The molecule has 0 fully saturated rings. The van der Waals surface area contributed by atoms with Crippen molar-refractivity contribution in [1.29, 1.82) is 5.26 Å². The summed E-state index contributed by atoms with van der Waals surface area (Å²) in [5, 5.41) is 9.02. The Labute approximate surface area is 138 Å². The summed E-state index contributed by atoms with van der Waals surface area (Å²) in [5.41, 5.74) is 0.918. The lowest BCUT2D eigenvalue weighted by molar-refractivity contribution is -0.137. The summed E-state index contributed by atoms with van der Waals surface area (Å²) in [5.74, 6) is -0.325. The summed E-state index contributed by atoms with van der Waals surface area (Å²) in [7, 11) is 1.31. The molecule has 0 aliphatic rings. The van der Waals surface area contributed by atoms with Gasteiger partial charge in [-0.3, -0.25) is 0 Å². The van der Waals surface area contributed by atoms with Crippen molar-refractivity contribution in [2.75, 3.05) is 13.7 Å². The third-order valence-corrected chi connectivity index (χ3v) is 3.10. The van der Waals surface area contributed by atoms with Crippen LogP contribution in [0.25, 0.3) is 17.4 Å². The van der Waals surface area contributed by atoms with Crippen LogP contribution < -0.4 is 0 Å². The van der Waals surface area contributed by atoms with Gasteiger partial charge in [0.15, 0.2) is 0 Å². The summed E-state index contributed by atoms with van der Waals surface area (Å²) in [4.78, 5) is 23.2. The quantitative estimate of drug-likeness (QED) is 0.476. The van der Waals surface area contributed by atoms with E-state index in [9.17, 15) is 9.59 Å². The van der Waals surface area contributed by atoms with Crippen molar-refractivity contribution in [1.82, 2.24) is 0 Å². The van der Waals surface area contributed by atoms with Crippen molar-refractivity contribution in [2.24, 2.45) is 0 Å². The first-order valence-electron chi connectivity index (χ1n) is 7.16. The van der Waals surface area contributed by atoms with Crippen LogP contribution in [0.3, 0.4) is 0 Å². The number of furan rings is 1. The van der Waals surface area contributed by atoms with Gasteiger partial charge in [-0.25, -0.2) is 9.59 Å². The van der Waals surface area contributed by atoms with Crippen LogP contribution in [0.1, 0.15) is 23.0 Å². The molecular weight excluding hydrogens is 310 g/mol. The van der Waals surface area contributed by atoms with Crippen molar-refractivity contribution in [3.05, 3.63) is 53.3 Å². The Balaban J connectivity index is 2.29. The van der Waals surface area contributed by atoms with Crippen LogP contribution >= 0.6 is 0 Å². The topological polar surface area (TPSA) is 89.5 Å². The number of nitriles is 1. The second-order valence-electron chi connectivity index (χ2n) is 4.66. The van der Waals surface area contributed by atoms with Crippen molar-refractivity contribution in [2.45, 2.75) is 6.92 Å². The molecular formula is C18H15NO5. The van der Waals surface area contributed by atoms with Gasteiger partial charge in [0.1, 0.15) is 23.2 Å². The fourth-order valence-electron chi connectivity index (χ4n) is 1.99. The molecule has 0 aliphatic carbocycles. The van der Waals surface area contributed by atoms with E-state index in [1.54, 1.807) is 49.4 Å². The number of carbonyl (C=O) groups is 2. The zero-order valence-corrected chi connectivity index (χ0v) is 13.2. The van der Waals surface area contributed by atoms with Crippen molar-refractivity contribution < 1.29 is 23.5 Å². The van der Waals surface area contributed by atoms with Crippen LogP contribution in [0.5, 0.6) is 0 Å². The number of hydrogen-bond acceptors (Lipinski definition) is 6. The van der Waals surface area contributed by atoms with E-state index in [0.29, 0.717) is 22.6 Å². The lowest BCUT2D eigenvalue weighted by Crippen LogP contribution is -2.05. The predicted molar refractivity (Wildman–Crippen MR) is 85.7 cm³/mol. The Bertz CT molecular complexity index is 826.